The molecule has 3 saturated carbocycles. The summed E-state index contributed by atoms with van der Waals surface area (Å²) < 4.78 is 0. The quantitative estimate of drug-likeness (QED) is 0.599. The van der Waals surface area contributed by atoms with Gasteiger partial charge in [-0.25, -0.2) is 0 Å². The van der Waals surface area contributed by atoms with Gasteiger partial charge in [-0.05, 0) is 85.4 Å². The molecule has 0 amide bonds. The topological polar surface area (TPSA) is 20.2 Å². The third kappa shape index (κ3) is 1.93. The molecule has 1 heteroatoms. The van der Waals surface area contributed by atoms with Gasteiger partial charge in [0.25, 0.3) is 0 Å². The van der Waals surface area contributed by atoms with Gasteiger partial charge in [-0.15, -0.1) is 0 Å². The van der Waals surface area contributed by atoms with Crippen LogP contribution in [0.15, 0.2) is 11.6 Å². The lowest BCUT2D eigenvalue weighted by Gasteiger charge is -2.58. The van der Waals surface area contributed by atoms with Crippen LogP contribution in [0.25, 0.3) is 0 Å². The van der Waals surface area contributed by atoms with Crippen LogP contribution in [0.5, 0.6) is 0 Å². The summed E-state index contributed by atoms with van der Waals surface area (Å²) in [6, 6.07) is 0. The van der Waals surface area contributed by atoms with E-state index in [0.717, 1.165) is 24.2 Å². The minimum absolute atomic E-state index is 0.0399. The first-order valence-corrected chi connectivity index (χ1v) is 9.64. The third-order valence-electron chi connectivity index (χ3n) is 8.57. The van der Waals surface area contributed by atoms with Crippen LogP contribution in [0.1, 0.15) is 79.1 Å². The van der Waals surface area contributed by atoms with Crippen LogP contribution < -0.4 is 0 Å². The normalized spacial score (nSPS) is 53.2. The second kappa shape index (κ2) is 4.62. The first kappa shape index (κ1) is 15.2. The zero-order chi connectivity index (χ0) is 15.8. The fourth-order valence-corrected chi connectivity index (χ4v) is 6.95. The Bertz CT molecular complexity index is 504. The summed E-state index contributed by atoms with van der Waals surface area (Å²) in [5, 5.41) is 10.5. The molecule has 0 heterocycles. The predicted molar refractivity (Wildman–Crippen MR) is 91.5 cm³/mol. The Morgan fingerprint density at radius 2 is 1.73 bits per heavy atom. The number of allylic oxidation sites excluding steroid dienone is 2. The molecule has 0 aliphatic heterocycles. The molecule has 0 aromatic carbocycles. The van der Waals surface area contributed by atoms with E-state index in [2.05, 4.69) is 33.8 Å². The van der Waals surface area contributed by atoms with Gasteiger partial charge in [0.1, 0.15) is 0 Å². The van der Waals surface area contributed by atoms with Gasteiger partial charge in [0, 0.05) is 0 Å². The highest BCUT2D eigenvalue weighted by Gasteiger charge is 2.58. The average Bonchev–Trinajstić information content (AvgIpc) is 2.76. The van der Waals surface area contributed by atoms with Crippen LogP contribution in [0, 0.1) is 34.0 Å². The van der Waals surface area contributed by atoms with Crippen molar-refractivity contribution in [1.82, 2.24) is 0 Å². The molecule has 0 unspecified atom stereocenters. The monoisotopic (exact) mass is 302 g/mol. The summed E-state index contributed by atoms with van der Waals surface area (Å²) in [6.07, 6.45) is 12.9. The van der Waals surface area contributed by atoms with Gasteiger partial charge < -0.3 is 5.11 Å². The van der Waals surface area contributed by atoms with Crippen LogP contribution in [0.4, 0.5) is 0 Å². The third-order valence-corrected chi connectivity index (χ3v) is 8.57. The summed E-state index contributed by atoms with van der Waals surface area (Å²) >= 11 is 0. The van der Waals surface area contributed by atoms with Crippen molar-refractivity contribution >= 4 is 0 Å². The molecule has 0 spiro atoms. The molecule has 0 bridgehead atoms. The number of fused-ring (bicyclic) bond motifs is 5. The van der Waals surface area contributed by atoms with Crippen molar-refractivity contribution in [2.45, 2.75) is 85.2 Å². The highest BCUT2D eigenvalue weighted by atomic mass is 16.3. The Morgan fingerprint density at radius 1 is 0.955 bits per heavy atom. The largest absolute Gasteiger partial charge is 0.393 e. The van der Waals surface area contributed by atoms with Crippen molar-refractivity contribution in [2.24, 2.45) is 34.0 Å². The number of hydrogen-bond donors (Lipinski definition) is 1. The fourth-order valence-electron chi connectivity index (χ4n) is 6.95. The van der Waals surface area contributed by atoms with Crippen LogP contribution in [-0.4, -0.2) is 11.2 Å². The molecule has 22 heavy (non-hydrogen) atoms. The van der Waals surface area contributed by atoms with Gasteiger partial charge in [-0.2, -0.15) is 0 Å². The van der Waals surface area contributed by atoms with Crippen molar-refractivity contribution in [3.63, 3.8) is 0 Å². The molecule has 124 valence electrons. The van der Waals surface area contributed by atoms with E-state index < -0.39 is 0 Å². The first-order chi connectivity index (χ1) is 10.3. The maximum absolute atomic E-state index is 10.5. The number of aliphatic hydroxyl groups is 1. The minimum Gasteiger partial charge on any atom is -0.393 e. The van der Waals surface area contributed by atoms with E-state index in [-0.39, 0.29) is 11.5 Å². The van der Waals surface area contributed by atoms with Gasteiger partial charge in [-0.1, -0.05) is 39.3 Å². The molecular weight excluding hydrogens is 268 g/mol. The van der Waals surface area contributed by atoms with Gasteiger partial charge in [0.2, 0.25) is 0 Å². The van der Waals surface area contributed by atoms with Crippen LogP contribution in [0.2, 0.25) is 0 Å². The molecule has 0 aromatic heterocycles. The Hall–Kier alpha value is -0.300. The van der Waals surface area contributed by atoms with Crippen LogP contribution >= 0.6 is 0 Å². The predicted octanol–water partition coefficient (Wildman–Crippen LogP) is 5.34. The smallest absolute Gasteiger partial charge is 0.0596 e. The summed E-state index contributed by atoms with van der Waals surface area (Å²) in [6.45, 7) is 9.87. The van der Waals surface area contributed by atoms with Crippen molar-refractivity contribution in [3.05, 3.63) is 11.6 Å². The summed E-state index contributed by atoms with van der Waals surface area (Å²) in [7, 11) is 0. The Morgan fingerprint density at radius 3 is 2.50 bits per heavy atom. The van der Waals surface area contributed by atoms with E-state index in [1.54, 1.807) is 5.57 Å². The standard InChI is InChI=1S/C21H34O/c1-19(2)11-12-20(3)14(13-19)5-6-15-16-7-8-18(22)21(16,4)10-9-17(15)20/h5,15-18,22H,6-13H2,1-4H3/t15-,16-,17-,18-,20-,21-/m0/s1. The molecule has 6 atom stereocenters. The van der Waals surface area contributed by atoms with Gasteiger partial charge in [0.05, 0.1) is 6.10 Å². The molecule has 3 fully saturated rings. The van der Waals surface area contributed by atoms with Crippen LogP contribution in [0.3, 0.4) is 0 Å². The van der Waals surface area contributed by atoms with E-state index in [4.69, 9.17) is 0 Å². The zero-order valence-corrected chi connectivity index (χ0v) is 15.0. The van der Waals surface area contributed by atoms with E-state index >= 15 is 0 Å². The molecule has 0 aromatic rings. The van der Waals surface area contributed by atoms with E-state index in [9.17, 15) is 5.11 Å². The summed E-state index contributed by atoms with van der Waals surface area (Å²) in [5.74, 6) is 2.49. The second-order valence-electron chi connectivity index (χ2n) is 10.2. The minimum atomic E-state index is -0.0399. The number of rotatable bonds is 0. The lowest BCUT2D eigenvalue weighted by Crippen LogP contribution is -2.51. The number of aliphatic hydroxyl groups excluding tert-OH is 1. The fraction of sp³-hybridized carbons (Fsp3) is 0.905. The molecule has 1 nitrogen and oxygen atoms in total. The molecule has 0 saturated heterocycles. The van der Waals surface area contributed by atoms with Crippen molar-refractivity contribution < 1.29 is 5.11 Å². The molecule has 4 rings (SSSR count). The lowest BCUT2D eigenvalue weighted by molar-refractivity contribution is -0.0706. The maximum Gasteiger partial charge on any atom is 0.0596 e. The van der Waals surface area contributed by atoms with Crippen LogP contribution in [-0.2, 0) is 0 Å². The Labute approximate surface area is 136 Å². The van der Waals surface area contributed by atoms with Gasteiger partial charge in [-0.3, -0.25) is 0 Å². The summed E-state index contributed by atoms with van der Waals surface area (Å²) in [5.41, 5.74) is 2.97. The maximum atomic E-state index is 10.5. The lowest BCUT2D eigenvalue weighted by atomic mass is 9.46. The average molecular weight is 303 g/mol. The van der Waals surface area contributed by atoms with Gasteiger partial charge >= 0.3 is 0 Å². The molecule has 4 aliphatic carbocycles. The van der Waals surface area contributed by atoms with Crippen molar-refractivity contribution in [2.75, 3.05) is 0 Å². The molecule has 0 radical (unpaired) electrons. The molecule has 1 N–H and O–H groups in total. The SMILES string of the molecule is CC1(C)CC[C@@]2(C)C(=CC[C@H]3[C@@H]4CC[C@H](O)[C@@]4(C)CC[C@@H]32)C1. The van der Waals surface area contributed by atoms with Crippen molar-refractivity contribution in [1.29, 1.82) is 0 Å². The zero-order valence-electron chi connectivity index (χ0n) is 15.0. The molecular formula is C21H34O. The number of hydrogen-bond acceptors (Lipinski definition) is 1. The summed E-state index contributed by atoms with van der Waals surface area (Å²) in [4.78, 5) is 0. The van der Waals surface area contributed by atoms with Gasteiger partial charge in [0.15, 0.2) is 0 Å². The first-order valence-electron chi connectivity index (χ1n) is 9.64. The highest BCUT2D eigenvalue weighted by Crippen LogP contribution is 2.66. The van der Waals surface area contributed by atoms with E-state index in [1.807, 2.05) is 0 Å². The van der Waals surface area contributed by atoms with Crippen molar-refractivity contribution in [3.8, 4) is 0 Å². The Balaban J connectivity index is 1.67. The highest BCUT2D eigenvalue weighted by molar-refractivity contribution is 5.26. The molecule has 4 aliphatic rings. The van der Waals surface area contributed by atoms with E-state index in [1.165, 1.54) is 44.9 Å². The van der Waals surface area contributed by atoms with E-state index in [0.29, 0.717) is 10.8 Å². The Kier molecular flexibility index (Phi) is 3.20. The second-order valence-corrected chi connectivity index (χ2v) is 10.2.